The third-order valence-corrected chi connectivity index (χ3v) is 4.60. The highest BCUT2D eigenvalue weighted by atomic mass is 16.2. The lowest BCUT2D eigenvalue weighted by Crippen LogP contribution is -2.52. The Bertz CT molecular complexity index is 335. The number of amides is 2. The van der Waals surface area contributed by atoms with Crippen molar-refractivity contribution in [3.63, 3.8) is 0 Å². The van der Waals surface area contributed by atoms with Gasteiger partial charge in [-0.15, -0.1) is 0 Å². The summed E-state index contributed by atoms with van der Waals surface area (Å²) in [5, 5.41) is 5.90. The maximum atomic E-state index is 12.4. The van der Waals surface area contributed by atoms with Crippen molar-refractivity contribution in [1.29, 1.82) is 0 Å². The lowest BCUT2D eigenvalue weighted by Gasteiger charge is -2.33. The van der Waals surface area contributed by atoms with Crippen LogP contribution in [0.15, 0.2) is 0 Å². The molecule has 1 atom stereocenters. The van der Waals surface area contributed by atoms with E-state index in [2.05, 4.69) is 10.6 Å². The van der Waals surface area contributed by atoms with Crippen LogP contribution in [0.5, 0.6) is 0 Å². The fourth-order valence-corrected chi connectivity index (χ4v) is 3.15. The fourth-order valence-electron chi connectivity index (χ4n) is 3.15. The van der Waals surface area contributed by atoms with Gasteiger partial charge in [0.1, 0.15) is 6.04 Å². The number of hydrogen-bond acceptors (Lipinski definition) is 2. The average molecular weight is 266 g/mol. The molecule has 2 amide bonds. The summed E-state index contributed by atoms with van der Waals surface area (Å²) >= 11 is 0. The van der Waals surface area contributed by atoms with Crippen molar-refractivity contribution >= 4 is 11.8 Å². The van der Waals surface area contributed by atoms with Gasteiger partial charge in [-0.05, 0) is 25.7 Å². The van der Waals surface area contributed by atoms with E-state index < -0.39 is 0 Å². The molecule has 108 valence electrons. The zero-order valence-corrected chi connectivity index (χ0v) is 12.0. The Labute approximate surface area is 115 Å². The van der Waals surface area contributed by atoms with E-state index in [1.807, 2.05) is 6.92 Å². The molecule has 1 heterocycles. The topological polar surface area (TPSA) is 58.2 Å². The predicted molar refractivity (Wildman–Crippen MR) is 74.6 cm³/mol. The van der Waals surface area contributed by atoms with Gasteiger partial charge in [-0.25, -0.2) is 0 Å². The fraction of sp³-hybridized carbons (Fsp3) is 0.867. The lowest BCUT2D eigenvalue weighted by molar-refractivity contribution is -0.136. The number of rotatable bonds is 2. The summed E-state index contributed by atoms with van der Waals surface area (Å²) in [7, 11) is 0. The van der Waals surface area contributed by atoms with E-state index in [4.69, 9.17) is 0 Å². The van der Waals surface area contributed by atoms with Crippen LogP contribution in [0, 0.1) is 5.41 Å². The number of hydrogen-bond donors (Lipinski definition) is 2. The van der Waals surface area contributed by atoms with Crippen molar-refractivity contribution in [1.82, 2.24) is 10.6 Å². The molecule has 0 radical (unpaired) electrons. The van der Waals surface area contributed by atoms with E-state index in [1.54, 1.807) is 0 Å². The molecule has 0 bridgehead atoms. The maximum absolute atomic E-state index is 12.4. The van der Waals surface area contributed by atoms with Crippen LogP contribution in [0.4, 0.5) is 0 Å². The minimum absolute atomic E-state index is 0.00698. The Kier molecular flexibility index (Phi) is 4.83. The van der Waals surface area contributed by atoms with Crippen molar-refractivity contribution in [3.05, 3.63) is 0 Å². The summed E-state index contributed by atoms with van der Waals surface area (Å²) in [5.74, 6) is 0.0698. The molecular formula is C15H26N2O2. The molecule has 0 aromatic rings. The average Bonchev–Trinajstić information content (AvgIpc) is 2.39. The van der Waals surface area contributed by atoms with Crippen molar-refractivity contribution in [2.45, 2.75) is 70.8 Å². The first-order valence-electron chi connectivity index (χ1n) is 7.70. The Hall–Kier alpha value is -1.06. The van der Waals surface area contributed by atoms with Crippen LogP contribution < -0.4 is 10.6 Å². The van der Waals surface area contributed by atoms with E-state index in [9.17, 15) is 9.59 Å². The molecule has 2 rings (SSSR count). The first-order valence-corrected chi connectivity index (χ1v) is 7.70. The minimum Gasteiger partial charge on any atom is -0.354 e. The van der Waals surface area contributed by atoms with E-state index in [1.165, 1.54) is 6.42 Å². The van der Waals surface area contributed by atoms with Crippen molar-refractivity contribution < 1.29 is 9.59 Å². The van der Waals surface area contributed by atoms with Crippen LogP contribution in [-0.2, 0) is 9.59 Å². The number of nitrogens with one attached hydrogen (secondary N) is 2. The highest BCUT2D eigenvalue weighted by Crippen LogP contribution is 2.36. The van der Waals surface area contributed by atoms with Gasteiger partial charge in [0.2, 0.25) is 11.8 Å². The summed E-state index contributed by atoms with van der Waals surface area (Å²) in [4.78, 5) is 24.4. The lowest BCUT2D eigenvalue weighted by atomic mass is 9.75. The van der Waals surface area contributed by atoms with Gasteiger partial charge in [0.15, 0.2) is 0 Å². The van der Waals surface area contributed by atoms with Gasteiger partial charge < -0.3 is 10.6 Å². The molecule has 2 N–H and O–H groups in total. The second-order valence-corrected chi connectivity index (χ2v) is 6.29. The van der Waals surface area contributed by atoms with Crippen molar-refractivity contribution in [2.24, 2.45) is 5.41 Å². The van der Waals surface area contributed by atoms with Crippen molar-refractivity contribution in [3.8, 4) is 0 Å². The van der Waals surface area contributed by atoms with Gasteiger partial charge >= 0.3 is 0 Å². The quantitative estimate of drug-likeness (QED) is 0.804. The largest absolute Gasteiger partial charge is 0.354 e. The molecule has 0 spiro atoms. The molecular weight excluding hydrogens is 240 g/mol. The van der Waals surface area contributed by atoms with Crippen molar-refractivity contribution in [2.75, 3.05) is 6.54 Å². The number of carbonyl (C=O) groups is 2. The van der Waals surface area contributed by atoms with Crippen LogP contribution in [0.25, 0.3) is 0 Å². The van der Waals surface area contributed by atoms with Crippen LogP contribution in [0.3, 0.4) is 0 Å². The summed E-state index contributed by atoms with van der Waals surface area (Å²) in [6.07, 6.45) is 9.35. The summed E-state index contributed by atoms with van der Waals surface area (Å²) in [5.41, 5.74) is -0.263. The maximum Gasteiger partial charge on any atom is 0.242 e. The van der Waals surface area contributed by atoms with Gasteiger partial charge in [-0.2, -0.15) is 0 Å². The standard InChI is InChI=1S/C15H26N2O2/c1-15(9-5-3-6-10-15)14(19)17-12-8-4-2-7-11-16-13(12)18/h12H,2-11H2,1H3,(H,16,18)(H,17,19)/t12-/m0/s1. The van der Waals surface area contributed by atoms with E-state index in [-0.39, 0.29) is 23.3 Å². The first kappa shape index (κ1) is 14.4. The Morgan fingerprint density at radius 1 is 1.16 bits per heavy atom. The molecule has 1 saturated heterocycles. The summed E-state index contributed by atoms with van der Waals surface area (Å²) < 4.78 is 0. The smallest absolute Gasteiger partial charge is 0.242 e. The zero-order valence-electron chi connectivity index (χ0n) is 12.0. The van der Waals surface area contributed by atoms with Gasteiger partial charge in [-0.3, -0.25) is 9.59 Å². The molecule has 2 aliphatic rings. The minimum atomic E-state index is -0.327. The first-order chi connectivity index (χ1) is 9.12. The summed E-state index contributed by atoms with van der Waals surface area (Å²) in [6.45, 7) is 2.78. The van der Waals surface area contributed by atoms with Crippen LogP contribution in [0.2, 0.25) is 0 Å². The normalized spacial score (nSPS) is 27.8. The molecule has 1 saturated carbocycles. The predicted octanol–water partition coefficient (Wildman–Crippen LogP) is 2.13. The van der Waals surface area contributed by atoms with Gasteiger partial charge in [-0.1, -0.05) is 39.0 Å². The van der Waals surface area contributed by atoms with Gasteiger partial charge in [0.05, 0.1) is 0 Å². The molecule has 2 fully saturated rings. The molecule has 1 aliphatic heterocycles. The van der Waals surface area contributed by atoms with E-state index in [0.717, 1.165) is 57.9 Å². The van der Waals surface area contributed by atoms with Gasteiger partial charge in [0.25, 0.3) is 0 Å². The molecule has 4 nitrogen and oxygen atoms in total. The molecule has 4 heteroatoms. The Morgan fingerprint density at radius 3 is 2.58 bits per heavy atom. The molecule has 0 aromatic heterocycles. The SMILES string of the molecule is CC1(C(=O)N[C@H]2CCCCCNC2=O)CCCCC1. The van der Waals surface area contributed by atoms with Gasteiger partial charge in [0, 0.05) is 12.0 Å². The second kappa shape index (κ2) is 6.40. The third-order valence-electron chi connectivity index (χ3n) is 4.60. The Morgan fingerprint density at radius 2 is 1.84 bits per heavy atom. The molecule has 0 aromatic carbocycles. The van der Waals surface area contributed by atoms with E-state index >= 15 is 0 Å². The third kappa shape index (κ3) is 3.71. The second-order valence-electron chi connectivity index (χ2n) is 6.29. The highest BCUT2D eigenvalue weighted by Gasteiger charge is 2.36. The molecule has 19 heavy (non-hydrogen) atoms. The molecule has 1 aliphatic carbocycles. The zero-order chi connectivity index (χ0) is 13.7. The molecule has 0 unspecified atom stereocenters. The highest BCUT2D eigenvalue weighted by molar-refractivity contribution is 5.90. The van der Waals surface area contributed by atoms with E-state index in [0.29, 0.717) is 0 Å². The van der Waals surface area contributed by atoms with Crippen LogP contribution in [0.1, 0.15) is 64.7 Å². The number of carbonyl (C=O) groups excluding carboxylic acids is 2. The summed E-state index contributed by atoms with van der Waals surface area (Å²) in [6, 6.07) is -0.327. The van der Waals surface area contributed by atoms with Crippen LogP contribution >= 0.6 is 0 Å². The van der Waals surface area contributed by atoms with Crippen LogP contribution in [-0.4, -0.2) is 24.4 Å². The monoisotopic (exact) mass is 266 g/mol. The Balaban J connectivity index is 1.93.